The number of hydrogen-bond acceptors (Lipinski definition) is 4. The highest BCUT2D eigenvalue weighted by Gasteiger charge is 2.21. The summed E-state index contributed by atoms with van der Waals surface area (Å²) in [7, 11) is 0. The van der Waals surface area contributed by atoms with Crippen LogP contribution in [0.4, 0.5) is 0 Å². The average Bonchev–Trinajstić information content (AvgIpc) is 2.52. The predicted molar refractivity (Wildman–Crippen MR) is 83.7 cm³/mol. The smallest absolute Gasteiger partial charge is 0.0300 e. The van der Waals surface area contributed by atoms with E-state index in [2.05, 4.69) is 27.8 Å². The Morgan fingerprint density at radius 2 is 2.10 bits per heavy atom. The first-order valence-corrected chi connectivity index (χ1v) is 7.89. The molecule has 0 aliphatic carbocycles. The Morgan fingerprint density at radius 3 is 2.70 bits per heavy atom. The van der Waals surface area contributed by atoms with Crippen LogP contribution >= 0.6 is 0 Å². The van der Waals surface area contributed by atoms with Crippen molar-refractivity contribution in [2.75, 3.05) is 39.3 Å². The second kappa shape index (κ2) is 8.35. The molecule has 1 aliphatic rings. The van der Waals surface area contributed by atoms with E-state index in [-0.39, 0.29) is 0 Å². The van der Waals surface area contributed by atoms with Crippen LogP contribution in [-0.4, -0.2) is 60.1 Å². The van der Waals surface area contributed by atoms with E-state index in [4.69, 9.17) is 5.73 Å². The van der Waals surface area contributed by atoms with Crippen LogP contribution in [0.1, 0.15) is 25.3 Å². The number of aromatic nitrogens is 1. The molecule has 1 aromatic heterocycles. The molecule has 2 heterocycles. The Hall–Kier alpha value is -0.970. The Kier molecular flexibility index (Phi) is 6.43. The van der Waals surface area contributed by atoms with Crippen molar-refractivity contribution in [3.05, 3.63) is 30.1 Å². The zero-order valence-corrected chi connectivity index (χ0v) is 12.7. The summed E-state index contributed by atoms with van der Waals surface area (Å²) >= 11 is 0. The van der Waals surface area contributed by atoms with Crippen LogP contribution in [0.3, 0.4) is 0 Å². The second-order valence-electron chi connectivity index (χ2n) is 5.67. The van der Waals surface area contributed by atoms with Crippen LogP contribution in [0.2, 0.25) is 0 Å². The molecule has 1 atom stereocenters. The molecule has 1 fully saturated rings. The lowest BCUT2D eigenvalue weighted by Gasteiger charge is -2.39. The highest BCUT2D eigenvalue weighted by Crippen LogP contribution is 2.11. The Labute approximate surface area is 123 Å². The molecule has 0 amide bonds. The van der Waals surface area contributed by atoms with Gasteiger partial charge in [0.15, 0.2) is 0 Å². The first kappa shape index (κ1) is 15.4. The molecule has 1 aromatic rings. The molecule has 2 N–H and O–H groups in total. The fourth-order valence-electron chi connectivity index (χ4n) is 2.97. The maximum absolute atomic E-state index is 5.90. The molecule has 0 spiro atoms. The van der Waals surface area contributed by atoms with E-state index in [0.717, 1.165) is 32.6 Å². The summed E-state index contributed by atoms with van der Waals surface area (Å²) in [6, 6.07) is 4.76. The second-order valence-corrected chi connectivity index (χ2v) is 5.67. The molecule has 4 heteroatoms. The number of nitrogens with zero attached hydrogens (tertiary/aromatic N) is 3. The third-order valence-electron chi connectivity index (χ3n) is 4.26. The van der Waals surface area contributed by atoms with Gasteiger partial charge in [-0.05, 0) is 24.5 Å². The maximum atomic E-state index is 5.90. The van der Waals surface area contributed by atoms with Gasteiger partial charge in [-0.1, -0.05) is 19.4 Å². The molecule has 0 saturated carbocycles. The predicted octanol–water partition coefficient (Wildman–Crippen LogP) is 1.37. The van der Waals surface area contributed by atoms with E-state index in [9.17, 15) is 0 Å². The van der Waals surface area contributed by atoms with Crippen LogP contribution < -0.4 is 5.73 Å². The van der Waals surface area contributed by atoms with E-state index in [1.807, 2.05) is 18.5 Å². The van der Waals surface area contributed by atoms with Crippen LogP contribution in [0.25, 0.3) is 0 Å². The van der Waals surface area contributed by atoms with Gasteiger partial charge in [-0.2, -0.15) is 0 Å². The minimum atomic E-state index is 0.584. The summed E-state index contributed by atoms with van der Waals surface area (Å²) in [6.45, 7) is 8.84. The Balaban J connectivity index is 1.71. The van der Waals surface area contributed by atoms with Gasteiger partial charge in [0.1, 0.15) is 0 Å². The molecular formula is C16H28N4. The minimum absolute atomic E-state index is 0.584. The minimum Gasteiger partial charge on any atom is -0.329 e. The van der Waals surface area contributed by atoms with Crippen molar-refractivity contribution in [2.24, 2.45) is 5.73 Å². The van der Waals surface area contributed by atoms with Gasteiger partial charge >= 0.3 is 0 Å². The molecule has 1 saturated heterocycles. The van der Waals surface area contributed by atoms with E-state index < -0.39 is 0 Å². The third kappa shape index (κ3) is 4.54. The lowest BCUT2D eigenvalue weighted by atomic mass is 10.1. The topological polar surface area (TPSA) is 45.4 Å². The molecule has 0 aromatic carbocycles. The van der Waals surface area contributed by atoms with Gasteiger partial charge in [-0.3, -0.25) is 9.88 Å². The molecule has 4 nitrogen and oxygen atoms in total. The summed E-state index contributed by atoms with van der Waals surface area (Å²) < 4.78 is 0. The summed E-state index contributed by atoms with van der Waals surface area (Å²) in [5.41, 5.74) is 7.23. The standard InChI is InChI=1S/C16H28N4/c1-2-4-16(13-17)20-11-9-19(10-12-20)8-6-15-5-3-7-18-14-15/h3,5,7,14,16H,2,4,6,8-13,17H2,1H3. The van der Waals surface area contributed by atoms with Gasteiger partial charge in [-0.15, -0.1) is 0 Å². The lowest BCUT2D eigenvalue weighted by molar-refractivity contribution is 0.0952. The summed E-state index contributed by atoms with van der Waals surface area (Å²) in [5, 5.41) is 0. The molecule has 1 aliphatic heterocycles. The number of piperazine rings is 1. The Morgan fingerprint density at radius 1 is 1.30 bits per heavy atom. The van der Waals surface area contributed by atoms with Crippen LogP contribution in [-0.2, 0) is 6.42 Å². The normalized spacial score (nSPS) is 19.1. The molecular weight excluding hydrogens is 248 g/mol. The summed E-state index contributed by atoms with van der Waals surface area (Å²) in [4.78, 5) is 9.31. The van der Waals surface area contributed by atoms with Crippen LogP contribution in [0.15, 0.2) is 24.5 Å². The van der Waals surface area contributed by atoms with Crippen molar-refractivity contribution in [2.45, 2.75) is 32.2 Å². The molecule has 20 heavy (non-hydrogen) atoms. The van der Waals surface area contributed by atoms with Crippen LogP contribution in [0, 0.1) is 0 Å². The summed E-state index contributed by atoms with van der Waals surface area (Å²) in [6.07, 6.45) is 7.36. The van der Waals surface area contributed by atoms with E-state index >= 15 is 0 Å². The number of rotatable bonds is 7. The quantitative estimate of drug-likeness (QED) is 0.817. The average molecular weight is 276 g/mol. The van der Waals surface area contributed by atoms with Crippen molar-refractivity contribution >= 4 is 0 Å². The van der Waals surface area contributed by atoms with E-state index in [1.165, 1.54) is 31.5 Å². The monoisotopic (exact) mass is 276 g/mol. The van der Waals surface area contributed by atoms with Gasteiger partial charge in [0.05, 0.1) is 0 Å². The van der Waals surface area contributed by atoms with Gasteiger partial charge in [-0.25, -0.2) is 0 Å². The zero-order valence-electron chi connectivity index (χ0n) is 12.7. The van der Waals surface area contributed by atoms with Gasteiger partial charge in [0, 0.05) is 57.7 Å². The molecule has 0 radical (unpaired) electrons. The highest BCUT2D eigenvalue weighted by atomic mass is 15.3. The van der Waals surface area contributed by atoms with Crippen molar-refractivity contribution in [1.29, 1.82) is 0 Å². The number of pyridine rings is 1. The largest absolute Gasteiger partial charge is 0.329 e. The van der Waals surface area contributed by atoms with E-state index in [1.54, 1.807) is 0 Å². The van der Waals surface area contributed by atoms with Gasteiger partial charge in [0.25, 0.3) is 0 Å². The molecule has 2 rings (SSSR count). The van der Waals surface area contributed by atoms with Gasteiger partial charge < -0.3 is 10.6 Å². The molecule has 1 unspecified atom stereocenters. The van der Waals surface area contributed by atoms with Gasteiger partial charge in [0.2, 0.25) is 0 Å². The highest BCUT2D eigenvalue weighted by molar-refractivity contribution is 5.08. The van der Waals surface area contributed by atoms with Crippen molar-refractivity contribution in [1.82, 2.24) is 14.8 Å². The fraction of sp³-hybridized carbons (Fsp3) is 0.688. The van der Waals surface area contributed by atoms with Crippen molar-refractivity contribution < 1.29 is 0 Å². The third-order valence-corrected chi connectivity index (χ3v) is 4.26. The van der Waals surface area contributed by atoms with Crippen molar-refractivity contribution in [3.8, 4) is 0 Å². The summed E-state index contributed by atoms with van der Waals surface area (Å²) in [5.74, 6) is 0. The fourth-order valence-corrected chi connectivity index (χ4v) is 2.97. The molecule has 112 valence electrons. The Bertz CT molecular complexity index is 360. The number of nitrogens with two attached hydrogens (primary N) is 1. The van der Waals surface area contributed by atoms with Crippen molar-refractivity contribution in [3.63, 3.8) is 0 Å². The van der Waals surface area contributed by atoms with E-state index in [0.29, 0.717) is 6.04 Å². The SMILES string of the molecule is CCCC(CN)N1CCN(CCc2cccnc2)CC1. The lowest BCUT2D eigenvalue weighted by Crippen LogP contribution is -2.52. The first-order chi connectivity index (χ1) is 9.83. The van der Waals surface area contributed by atoms with Crippen LogP contribution in [0.5, 0.6) is 0 Å². The zero-order chi connectivity index (χ0) is 14.2. The first-order valence-electron chi connectivity index (χ1n) is 7.89. The number of hydrogen-bond donors (Lipinski definition) is 1. The molecule has 0 bridgehead atoms. The maximum Gasteiger partial charge on any atom is 0.0300 e.